The molecule has 3 rings (SSSR count). The zero-order valence-corrected chi connectivity index (χ0v) is 15.5. The van der Waals surface area contributed by atoms with E-state index in [4.69, 9.17) is 0 Å². The minimum atomic E-state index is 0.0122. The molecule has 1 heterocycles. The van der Waals surface area contributed by atoms with Gasteiger partial charge in [0.15, 0.2) is 0 Å². The van der Waals surface area contributed by atoms with E-state index in [1.807, 2.05) is 49.0 Å². The first-order valence-electron chi connectivity index (χ1n) is 9.18. The van der Waals surface area contributed by atoms with Crippen molar-refractivity contribution in [2.24, 2.45) is 0 Å². The monoisotopic (exact) mass is 340 g/mol. The number of benzene rings is 1. The second-order valence-electron chi connectivity index (χ2n) is 7.04. The van der Waals surface area contributed by atoms with Gasteiger partial charge < -0.3 is 10.2 Å². The van der Waals surface area contributed by atoms with E-state index in [0.29, 0.717) is 12.6 Å². The second kappa shape index (κ2) is 7.72. The van der Waals surface area contributed by atoms with Crippen LogP contribution in [0.4, 0.5) is 4.79 Å². The van der Waals surface area contributed by atoms with Gasteiger partial charge >= 0.3 is 6.03 Å². The topological polar surface area (TPSA) is 50.2 Å². The molecule has 25 heavy (non-hydrogen) atoms. The van der Waals surface area contributed by atoms with Gasteiger partial charge in [-0.05, 0) is 38.8 Å². The quantitative estimate of drug-likeness (QED) is 0.916. The Morgan fingerprint density at radius 3 is 2.56 bits per heavy atom. The van der Waals surface area contributed by atoms with Crippen LogP contribution in [-0.4, -0.2) is 33.8 Å². The molecule has 1 aromatic carbocycles. The fraction of sp³-hybridized carbons (Fsp3) is 0.500. The number of carbonyl (C=O) groups excluding carboxylic acids is 1. The summed E-state index contributed by atoms with van der Waals surface area (Å²) in [5.74, 6) is 0. The zero-order chi connectivity index (χ0) is 17.8. The number of carbonyl (C=O) groups is 1. The van der Waals surface area contributed by atoms with Crippen LogP contribution in [0, 0.1) is 13.8 Å². The molecule has 0 aliphatic heterocycles. The summed E-state index contributed by atoms with van der Waals surface area (Å²) in [6, 6.07) is 10.5. The molecule has 1 saturated carbocycles. The summed E-state index contributed by atoms with van der Waals surface area (Å²) in [6.45, 7) is 4.65. The van der Waals surface area contributed by atoms with Crippen molar-refractivity contribution in [3.63, 3.8) is 0 Å². The van der Waals surface area contributed by atoms with E-state index >= 15 is 0 Å². The lowest BCUT2D eigenvalue weighted by Crippen LogP contribution is -2.43. The van der Waals surface area contributed by atoms with Gasteiger partial charge in [0.05, 0.1) is 17.9 Å². The van der Waals surface area contributed by atoms with Crippen molar-refractivity contribution < 1.29 is 4.79 Å². The molecular formula is C20H28N4O. The van der Waals surface area contributed by atoms with Crippen molar-refractivity contribution in [1.29, 1.82) is 0 Å². The normalized spacial score (nSPS) is 15.2. The lowest BCUT2D eigenvalue weighted by atomic mass is 9.96. The smallest absolute Gasteiger partial charge is 0.317 e. The molecule has 2 aromatic rings. The van der Waals surface area contributed by atoms with Gasteiger partial charge in [-0.1, -0.05) is 37.5 Å². The van der Waals surface area contributed by atoms with Crippen molar-refractivity contribution in [2.75, 3.05) is 7.05 Å². The second-order valence-corrected chi connectivity index (χ2v) is 7.04. The fourth-order valence-electron chi connectivity index (χ4n) is 3.57. The lowest BCUT2D eigenvalue weighted by Gasteiger charge is -2.26. The molecule has 1 N–H and O–H groups in total. The standard InChI is InChI=1S/C20H28N4O/c1-15-19(16(2)24(22-15)18-12-8-5-9-13-18)14-23(3)20(25)21-17-10-6-4-7-11-17/h5,8-9,12-13,17H,4,6-7,10-11,14H2,1-3H3,(H,21,25). The van der Waals surface area contributed by atoms with Crippen LogP contribution in [0.15, 0.2) is 30.3 Å². The minimum Gasteiger partial charge on any atom is -0.335 e. The lowest BCUT2D eigenvalue weighted by molar-refractivity contribution is 0.198. The number of amides is 2. The first-order valence-corrected chi connectivity index (χ1v) is 9.18. The third kappa shape index (κ3) is 4.03. The Labute approximate surface area is 150 Å². The van der Waals surface area contributed by atoms with Crippen molar-refractivity contribution >= 4 is 6.03 Å². The highest BCUT2D eigenvalue weighted by atomic mass is 16.2. The summed E-state index contributed by atoms with van der Waals surface area (Å²) < 4.78 is 1.96. The van der Waals surface area contributed by atoms with E-state index < -0.39 is 0 Å². The van der Waals surface area contributed by atoms with Crippen LogP contribution in [0.1, 0.15) is 49.1 Å². The Kier molecular flexibility index (Phi) is 5.41. The molecular weight excluding hydrogens is 312 g/mol. The largest absolute Gasteiger partial charge is 0.335 e. The van der Waals surface area contributed by atoms with Gasteiger partial charge in [-0.3, -0.25) is 0 Å². The molecule has 1 aliphatic rings. The first-order chi connectivity index (χ1) is 12.1. The molecule has 0 radical (unpaired) electrons. The maximum absolute atomic E-state index is 12.5. The van der Waals surface area contributed by atoms with Crippen molar-refractivity contribution in [2.45, 2.75) is 58.5 Å². The number of aryl methyl sites for hydroxylation is 1. The highest BCUT2D eigenvalue weighted by Crippen LogP contribution is 2.20. The van der Waals surface area contributed by atoms with E-state index in [9.17, 15) is 4.79 Å². The molecule has 1 aliphatic carbocycles. The van der Waals surface area contributed by atoms with E-state index in [0.717, 1.165) is 35.5 Å². The molecule has 0 atom stereocenters. The Bertz CT molecular complexity index is 717. The van der Waals surface area contributed by atoms with Crippen LogP contribution in [-0.2, 0) is 6.54 Å². The Balaban J connectivity index is 1.69. The Morgan fingerprint density at radius 2 is 1.88 bits per heavy atom. The van der Waals surface area contributed by atoms with Gasteiger partial charge in [-0.15, -0.1) is 0 Å². The van der Waals surface area contributed by atoms with Crippen LogP contribution >= 0.6 is 0 Å². The van der Waals surface area contributed by atoms with Crippen LogP contribution in [0.5, 0.6) is 0 Å². The minimum absolute atomic E-state index is 0.0122. The van der Waals surface area contributed by atoms with Gasteiger partial charge in [-0.2, -0.15) is 5.10 Å². The summed E-state index contributed by atoms with van der Waals surface area (Å²) >= 11 is 0. The predicted molar refractivity (Wildman–Crippen MR) is 99.9 cm³/mol. The average molecular weight is 340 g/mol. The number of nitrogens with zero attached hydrogens (tertiary/aromatic N) is 3. The van der Waals surface area contributed by atoms with Crippen LogP contribution in [0.25, 0.3) is 5.69 Å². The van der Waals surface area contributed by atoms with Gasteiger partial charge in [0, 0.05) is 24.3 Å². The van der Waals surface area contributed by atoms with Crippen LogP contribution in [0.2, 0.25) is 0 Å². The molecule has 1 aromatic heterocycles. The summed E-state index contributed by atoms with van der Waals surface area (Å²) in [5, 5.41) is 7.84. The third-order valence-electron chi connectivity index (χ3n) is 5.12. The molecule has 0 saturated heterocycles. The highest BCUT2D eigenvalue weighted by Gasteiger charge is 2.20. The number of hydrogen-bond donors (Lipinski definition) is 1. The van der Waals surface area contributed by atoms with Crippen molar-refractivity contribution in [3.8, 4) is 5.69 Å². The van der Waals surface area contributed by atoms with Crippen molar-refractivity contribution in [1.82, 2.24) is 20.0 Å². The molecule has 5 heteroatoms. The molecule has 134 valence electrons. The van der Waals surface area contributed by atoms with Crippen LogP contribution < -0.4 is 5.32 Å². The number of rotatable bonds is 4. The molecule has 2 amide bonds. The summed E-state index contributed by atoms with van der Waals surface area (Å²) in [5.41, 5.74) is 4.22. The zero-order valence-electron chi connectivity index (χ0n) is 15.5. The molecule has 1 fully saturated rings. The van der Waals surface area contributed by atoms with E-state index in [2.05, 4.69) is 17.3 Å². The number of aromatic nitrogens is 2. The maximum atomic E-state index is 12.5. The molecule has 0 unspecified atom stereocenters. The van der Waals surface area contributed by atoms with E-state index in [1.165, 1.54) is 19.3 Å². The van der Waals surface area contributed by atoms with Gasteiger partial charge in [0.1, 0.15) is 0 Å². The Hall–Kier alpha value is -2.30. The molecule has 0 spiro atoms. The molecule has 0 bridgehead atoms. The van der Waals surface area contributed by atoms with Crippen molar-refractivity contribution in [3.05, 3.63) is 47.3 Å². The summed E-state index contributed by atoms with van der Waals surface area (Å²) in [4.78, 5) is 14.3. The highest BCUT2D eigenvalue weighted by molar-refractivity contribution is 5.74. The average Bonchev–Trinajstić information content (AvgIpc) is 2.91. The van der Waals surface area contributed by atoms with Gasteiger partial charge in [0.2, 0.25) is 0 Å². The predicted octanol–water partition coefficient (Wildman–Crippen LogP) is 3.96. The number of urea groups is 1. The summed E-state index contributed by atoms with van der Waals surface area (Å²) in [6.07, 6.45) is 5.93. The molecule has 5 nitrogen and oxygen atoms in total. The number of hydrogen-bond acceptors (Lipinski definition) is 2. The SMILES string of the molecule is Cc1nn(-c2ccccc2)c(C)c1CN(C)C(=O)NC1CCCCC1. The fourth-order valence-corrected chi connectivity index (χ4v) is 3.57. The number of nitrogens with one attached hydrogen (secondary N) is 1. The van der Waals surface area contributed by atoms with Crippen LogP contribution in [0.3, 0.4) is 0 Å². The van der Waals surface area contributed by atoms with E-state index in [-0.39, 0.29) is 6.03 Å². The number of para-hydroxylation sites is 1. The Morgan fingerprint density at radius 1 is 1.20 bits per heavy atom. The summed E-state index contributed by atoms with van der Waals surface area (Å²) in [7, 11) is 1.86. The van der Waals surface area contributed by atoms with Gasteiger partial charge in [-0.25, -0.2) is 9.48 Å². The van der Waals surface area contributed by atoms with Gasteiger partial charge in [0.25, 0.3) is 0 Å². The van der Waals surface area contributed by atoms with E-state index in [1.54, 1.807) is 4.90 Å². The third-order valence-corrected chi connectivity index (χ3v) is 5.12. The first kappa shape index (κ1) is 17.5. The maximum Gasteiger partial charge on any atom is 0.317 e.